The first-order valence-electron chi connectivity index (χ1n) is 9.27. The summed E-state index contributed by atoms with van der Waals surface area (Å²) in [6.07, 6.45) is 3.88. The summed E-state index contributed by atoms with van der Waals surface area (Å²) in [5.41, 5.74) is 2.60. The molecule has 0 bridgehead atoms. The Balaban J connectivity index is 1.61. The molecule has 3 aromatic rings. The van der Waals surface area contributed by atoms with Crippen molar-refractivity contribution in [3.05, 3.63) is 59.4 Å². The van der Waals surface area contributed by atoms with Crippen molar-refractivity contribution in [2.24, 2.45) is 0 Å². The lowest BCUT2D eigenvalue weighted by molar-refractivity contribution is 0.0601. The number of rotatable bonds is 4. The van der Waals surface area contributed by atoms with E-state index in [4.69, 9.17) is 9.15 Å². The predicted molar refractivity (Wildman–Crippen MR) is 102 cm³/mol. The number of carbonyl (C=O) groups excluding carboxylic acids is 1. The number of furan rings is 1. The minimum atomic E-state index is -0.614. The number of nitrogens with zero attached hydrogens (tertiary/aromatic N) is 1. The van der Waals surface area contributed by atoms with Crippen LogP contribution in [0.5, 0.6) is 0 Å². The van der Waals surface area contributed by atoms with Crippen molar-refractivity contribution in [2.45, 2.75) is 25.8 Å². The number of fused-ring (bicyclic) bond motifs is 1. The highest BCUT2D eigenvalue weighted by Gasteiger charge is 2.18. The zero-order valence-electron chi connectivity index (χ0n) is 15.3. The van der Waals surface area contributed by atoms with Crippen LogP contribution in [0.15, 0.2) is 46.9 Å². The lowest BCUT2D eigenvalue weighted by Gasteiger charge is -2.26. The van der Waals surface area contributed by atoms with Gasteiger partial charge in [0.15, 0.2) is 0 Å². The molecule has 0 unspecified atom stereocenters. The molecule has 1 aliphatic rings. The van der Waals surface area contributed by atoms with E-state index in [1.807, 2.05) is 12.1 Å². The van der Waals surface area contributed by atoms with Gasteiger partial charge < -0.3 is 9.15 Å². The number of benzene rings is 2. The third-order valence-corrected chi connectivity index (χ3v) is 5.08. The molecule has 1 saturated heterocycles. The van der Waals surface area contributed by atoms with Crippen LogP contribution in [0.2, 0.25) is 0 Å². The number of likely N-dealkylation sites (tertiary alicyclic amines) is 1. The molecule has 5 heteroatoms. The van der Waals surface area contributed by atoms with Gasteiger partial charge in [-0.25, -0.2) is 9.18 Å². The third-order valence-electron chi connectivity index (χ3n) is 5.08. The first kappa shape index (κ1) is 17.7. The van der Waals surface area contributed by atoms with Crippen molar-refractivity contribution in [3.8, 4) is 11.3 Å². The Hall–Kier alpha value is -2.66. The predicted octanol–water partition coefficient (Wildman–Crippen LogP) is 5.01. The molecule has 0 atom stereocenters. The maximum Gasteiger partial charge on any atom is 0.341 e. The van der Waals surface area contributed by atoms with Gasteiger partial charge in [-0.15, -0.1) is 0 Å². The van der Waals surface area contributed by atoms with Crippen molar-refractivity contribution in [2.75, 3.05) is 20.2 Å². The van der Waals surface area contributed by atoms with E-state index in [0.29, 0.717) is 16.7 Å². The average molecular weight is 367 g/mol. The van der Waals surface area contributed by atoms with Crippen LogP contribution in [-0.4, -0.2) is 31.1 Å². The van der Waals surface area contributed by atoms with Crippen molar-refractivity contribution in [1.29, 1.82) is 0 Å². The van der Waals surface area contributed by atoms with Crippen molar-refractivity contribution >= 4 is 16.9 Å². The van der Waals surface area contributed by atoms with E-state index in [2.05, 4.69) is 17.0 Å². The molecule has 2 heterocycles. The molecule has 1 aliphatic heterocycles. The zero-order chi connectivity index (χ0) is 18.8. The summed E-state index contributed by atoms with van der Waals surface area (Å²) in [6.45, 7) is 3.28. The monoisotopic (exact) mass is 367 g/mol. The number of hydrogen-bond donors (Lipinski definition) is 0. The number of ether oxygens (including phenoxy) is 1. The molecule has 27 heavy (non-hydrogen) atoms. The molecule has 2 aromatic carbocycles. The summed E-state index contributed by atoms with van der Waals surface area (Å²) in [5, 5.41) is 0.544. The second kappa shape index (κ2) is 7.53. The largest absolute Gasteiger partial charge is 0.465 e. The summed E-state index contributed by atoms with van der Waals surface area (Å²) in [4.78, 5) is 14.4. The topological polar surface area (TPSA) is 42.7 Å². The Morgan fingerprint density at radius 1 is 1.11 bits per heavy atom. The van der Waals surface area contributed by atoms with Gasteiger partial charge in [0.05, 0.1) is 7.11 Å². The van der Waals surface area contributed by atoms with Gasteiger partial charge in [-0.3, -0.25) is 4.90 Å². The molecule has 0 spiro atoms. The van der Waals surface area contributed by atoms with E-state index in [1.165, 1.54) is 38.0 Å². The van der Waals surface area contributed by atoms with Crippen LogP contribution in [0.25, 0.3) is 22.3 Å². The Morgan fingerprint density at radius 2 is 1.85 bits per heavy atom. The van der Waals surface area contributed by atoms with Crippen LogP contribution in [0, 0.1) is 5.82 Å². The second-order valence-electron chi connectivity index (χ2n) is 7.01. The van der Waals surface area contributed by atoms with Gasteiger partial charge in [0.25, 0.3) is 0 Å². The van der Waals surface area contributed by atoms with Gasteiger partial charge in [0, 0.05) is 17.5 Å². The molecule has 140 valence electrons. The highest BCUT2D eigenvalue weighted by atomic mass is 19.1. The second-order valence-corrected chi connectivity index (χ2v) is 7.01. The first-order valence-corrected chi connectivity index (χ1v) is 9.27. The normalized spacial score (nSPS) is 15.2. The van der Waals surface area contributed by atoms with Crippen LogP contribution in [0.3, 0.4) is 0 Å². The number of halogens is 1. The number of carbonyl (C=O) groups is 1. The fourth-order valence-electron chi connectivity index (χ4n) is 3.67. The summed E-state index contributed by atoms with van der Waals surface area (Å²) >= 11 is 0. The van der Waals surface area contributed by atoms with Crippen LogP contribution in [-0.2, 0) is 11.3 Å². The maximum absolute atomic E-state index is 13.8. The van der Waals surface area contributed by atoms with E-state index in [1.54, 1.807) is 6.07 Å². The first-order chi connectivity index (χ1) is 13.1. The average Bonchev–Trinajstić information content (AvgIpc) is 3.12. The van der Waals surface area contributed by atoms with Gasteiger partial charge in [0.2, 0.25) is 0 Å². The van der Waals surface area contributed by atoms with E-state index in [0.717, 1.165) is 31.3 Å². The molecule has 1 aromatic heterocycles. The third kappa shape index (κ3) is 3.74. The van der Waals surface area contributed by atoms with Crippen molar-refractivity contribution in [3.63, 3.8) is 0 Å². The molecule has 0 aliphatic carbocycles. The number of piperidine rings is 1. The molecular formula is C22H22FNO3. The summed E-state index contributed by atoms with van der Waals surface area (Å²) < 4.78 is 24.4. The highest BCUT2D eigenvalue weighted by Crippen LogP contribution is 2.31. The van der Waals surface area contributed by atoms with Gasteiger partial charge in [-0.2, -0.15) is 0 Å². The van der Waals surface area contributed by atoms with E-state index in [9.17, 15) is 9.18 Å². The molecule has 1 fully saturated rings. The molecule has 4 nitrogen and oxygen atoms in total. The minimum Gasteiger partial charge on any atom is -0.465 e. The van der Waals surface area contributed by atoms with Crippen molar-refractivity contribution in [1.82, 2.24) is 4.90 Å². The Kier molecular flexibility index (Phi) is 4.94. The van der Waals surface area contributed by atoms with Crippen LogP contribution >= 0.6 is 0 Å². The summed E-state index contributed by atoms with van der Waals surface area (Å²) in [6, 6.07) is 12.5. The zero-order valence-corrected chi connectivity index (χ0v) is 15.3. The quantitative estimate of drug-likeness (QED) is 0.608. The summed E-state index contributed by atoms with van der Waals surface area (Å²) in [7, 11) is 1.27. The van der Waals surface area contributed by atoms with Crippen LogP contribution < -0.4 is 0 Å². The highest BCUT2D eigenvalue weighted by molar-refractivity contribution is 6.03. The minimum absolute atomic E-state index is 0.0977. The SMILES string of the molecule is COC(=O)c1cc(F)cc2cc(-c3ccc(CN4CCCCC4)cc3)oc12. The van der Waals surface area contributed by atoms with E-state index < -0.39 is 11.8 Å². The Morgan fingerprint density at radius 3 is 2.56 bits per heavy atom. The number of esters is 1. The standard InChI is InChI=1S/C22H22FNO3/c1-26-22(25)19-13-18(23)11-17-12-20(27-21(17)19)16-7-5-15(6-8-16)14-24-9-3-2-4-10-24/h5-8,11-13H,2-4,9-10,14H2,1H3. The molecule has 4 rings (SSSR count). The molecule has 0 saturated carbocycles. The fraction of sp³-hybridized carbons (Fsp3) is 0.318. The van der Waals surface area contributed by atoms with Gasteiger partial charge >= 0.3 is 5.97 Å². The maximum atomic E-state index is 13.8. The van der Waals surface area contributed by atoms with E-state index in [-0.39, 0.29) is 5.56 Å². The van der Waals surface area contributed by atoms with Crippen LogP contribution in [0.1, 0.15) is 35.2 Å². The lowest BCUT2D eigenvalue weighted by Crippen LogP contribution is -2.28. The van der Waals surface area contributed by atoms with E-state index >= 15 is 0 Å². The van der Waals surface area contributed by atoms with Crippen molar-refractivity contribution < 1.29 is 18.3 Å². The smallest absolute Gasteiger partial charge is 0.341 e. The fourth-order valence-corrected chi connectivity index (χ4v) is 3.67. The Bertz CT molecular complexity index is 956. The van der Waals surface area contributed by atoms with Crippen LogP contribution in [0.4, 0.5) is 4.39 Å². The van der Waals surface area contributed by atoms with Gasteiger partial charge in [0.1, 0.15) is 22.7 Å². The van der Waals surface area contributed by atoms with Gasteiger partial charge in [-0.1, -0.05) is 30.7 Å². The lowest BCUT2D eigenvalue weighted by atomic mass is 10.1. The van der Waals surface area contributed by atoms with Gasteiger partial charge in [-0.05, 0) is 49.7 Å². The molecule has 0 amide bonds. The number of methoxy groups -OCH3 is 1. The number of hydrogen-bond acceptors (Lipinski definition) is 4. The Labute approximate surface area is 157 Å². The molecular weight excluding hydrogens is 345 g/mol. The molecule has 0 N–H and O–H groups in total. The molecule has 0 radical (unpaired) electrons. The summed E-state index contributed by atoms with van der Waals surface area (Å²) in [5.74, 6) is -0.505.